The van der Waals surface area contributed by atoms with Gasteiger partial charge in [0.1, 0.15) is 5.82 Å². The van der Waals surface area contributed by atoms with Crippen molar-refractivity contribution in [1.29, 1.82) is 0 Å². The zero-order valence-corrected chi connectivity index (χ0v) is 11.2. The lowest BCUT2D eigenvalue weighted by Gasteiger charge is -2.33. The molecule has 4 heteroatoms. The Hall–Kier alpha value is -1.13. The Balaban J connectivity index is 2.00. The molecule has 0 saturated carbocycles. The number of hydrogen-bond donors (Lipinski definition) is 3. The highest BCUT2D eigenvalue weighted by molar-refractivity contribution is 5.31. The maximum Gasteiger partial charge on any atom is 0.123 e. The summed E-state index contributed by atoms with van der Waals surface area (Å²) in [6.07, 6.45) is 4.84. The van der Waals surface area contributed by atoms with Gasteiger partial charge in [0.05, 0.1) is 5.60 Å². The molecule has 4 nitrogen and oxygen atoms in total. The van der Waals surface area contributed by atoms with E-state index in [1.165, 1.54) is 5.56 Å². The summed E-state index contributed by atoms with van der Waals surface area (Å²) in [6.45, 7) is 4.72. The van der Waals surface area contributed by atoms with Crippen LogP contribution in [0.3, 0.4) is 0 Å². The monoisotopic (exact) mass is 249 g/mol. The third-order valence-electron chi connectivity index (χ3n) is 3.52. The van der Waals surface area contributed by atoms with Gasteiger partial charge in [0.2, 0.25) is 0 Å². The van der Waals surface area contributed by atoms with Crippen molar-refractivity contribution < 1.29 is 5.11 Å². The van der Waals surface area contributed by atoms with Crippen molar-refractivity contribution in [3.63, 3.8) is 0 Å². The number of aromatic nitrogens is 1. The van der Waals surface area contributed by atoms with E-state index in [4.69, 9.17) is 5.73 Å². The minimum Gasteiger partial charge on any atom is -0.390 e. The zero-order valence-electron chi connectivity index (χ0n) is 11.2. The van der Waals surface area contributed by atoms with E-state index in [2.05, 4.69) is 16.4 Å². The Morgan fingerprint density at radius 1 is 1.50 bits per heavy atom. The fourth-order valence-electron chi connectivity index (χ4n) is 2.73. The molecule has 1 aromatic heterocycles. The molecule has 0 radical (unpaired) electrons. The van der Waals surface area contributed by atoms with Crippen LogP contribution in [0.1, 0.15) is 44.6 Å². The topological polar surface area (TPSA) is 71.2 Å². The summed E-state index contributed by atoms with van der Waals surface area (Å²) in [5, 5.41) is 13.4. The number of aliphatic hydroxyl groups is 1. The van der Waals surface area contributed by atoms with E-state index in [1.54, 1.807) is 0 Å². The first-order valence-electron chi connectivity index (χ1n) is 6.61. The van der Waals surface area contributed by atoms with Gasteiger partial charge in [-0.15, -0.1) is 0 Å². The quantitative estimate of drug-likeness (QED) is 0.762. The number of nitrogens with one attached hydrogen (secondary N) is 1. The Kier molecular flexibility index (Phi) is 3.88. The molecular formula is C14H23N3O. The Morgan fingerprint density at radius 2 is 2.28 bits per heavy atom. The highest BCUT2D eigenvalue weighted by Gasteiger charge is 2.27. The van der Waals surface area contributed by atoms with Crippen LogP contribution in [0.4, 0.5) is 5.82 Å². The van der Waals surface area contributed by atoms with Crippen LogP contribution in [-0.2, 0) is 0 Å². The predicted molar refractivity (Wildman–Crippen MR) is 73.3 cm³/mol. The van der Waals surface area contributed by atoms with Crippen LogP contribution in [0.5, 0.6) is 0 Å². The molecule has 0 amide bonds. The van der Waals surface area contributed by atoms with Crippen molar-refractivity contribution in [1.82, 2.24) is 10.3 Å². The molecule has 1 aliphatic rings. The average Bonchev–Trinajstić information content (AvgIpc) is 2.28. The normalized spacial score (nSPS) is 25.1. The first-order chi connectivity index (χ1) is 8.44. The lowest BCUT2D eigenvalue weighted by molar-refractivity contribution is 0.0543. The molecule has 1 aromatic rings. The maximum atomic E-state index is 9.89. The van der Waals surface area contributed by atoms with Gasteiger partial charge in [0.15, 0.2) is 0 Å². The number of nitrogens with zero attached hydrogens (tertiary/aromatic N) is 1. The Labute approximate surface area is 109 Å². The van der Waals surface area contributed by atoms with E-state index in [0.717, 1.165) is 25.8 Å². The third kappa shape index (κ3) is 3.68. The van der Waals surface area contributed by atoms with Crippen molar-refractivity contribution in [2.24, 2.45) is 0 Å². The van der Waals surface area contributed by atoms with Crippen LogP contribution in [0.15, 0.2) is 18.3 Å². The van der Waals surface area contributed by atoms with Gasteiger partial charge in [0, 0.05) is 12.2 Å². The molecule has 1 saturated heterocycles. The second kappa shape index (κ2) is 5.24. The fourth-order valence-corrected chi connectivity index (χ4v) is 2.73. The first kappa shape index (κ1) is 13.3. The van der Waals surface area contributed by atoms with E-state index >= 15 is 0 Å². The second-order valence-electron chi connectivity index (χ2n) is 5.91. The Bertz CT molecular complexity index is 383. The number of piperidine rings is 1. The largest absolute Gasteiger partial charge is 0.390 e. The number of anilines is 1. The molecule has 0 bridgehead atoms. The standard InChI is InChI=1S/C14H23N3O/c1-14(2,18)8-12-7-10(5-6-16-12)11-3-4-13(15)17-9-11/h3-4,9-10,12,16,18H,5-8H2,1-2H3,(H2,15,17). The van der Waals surface area contributed by atoms with Crippen LogP contribution < -0.4 is 11.1 Å². The molecule has 2 heterocycles. The number of nitrogens with two attached hydrogens (primary N) is 1. The molecule has 18 heavy (non-hydrogen) atoms. The molecule has 0 aromatic carbocycles. The van der Waals surface area contributed by atoms with Gasteiger partial charge in [-0.1, -0.05) is 6.07 Å². The molecule has 2 rings (SSSR count). The number of pyridine rings is 1. The summed E-state index contributed by atoms with van der Waals surface area (Å²) in [7, 11) is 0. The van der Waals surface area contributed by atoms with Gasteiger partial charge in [0.25, 0.3) is 0 Å². The van der Waals surface area contributed by atoms with Crippen molar-refractivity contribution in [2.45, 2.75) is 50.7 Å². The SMILES string of the molecule is CC(C)(O)CC1CC(c2ccc(N)nc2)CCN1. The highest BCUT2D eigenvalue weighted by Crippen LogP contribution is 2.30. The first-order valence-corrected chi connectivity index (χ1v) is 6.61. The summed E-state index contributed by atoms with van der Waals surface area (Å²) in [6, 6.07) is 4.31. The predicted octanol–water partition coefficient (Wildman–Crippen LogP) is 1.66. The molecule has 0 spiro atoms. The Morgan fingerprint density at radius 3 is 2.89 bits per heavy atom. The van der Waals surface area contributed by atoms with E-state index in [1.807, 2.05) is 26.1 Å². The summed E-state index contributed by atoms with van der Waals surface area (Å²) >= 11 is 0. The summed E-state index contributed by atoms with van der Waals surface area (Å²) in [5.41, 5.74) is 6.25. The van der Waals surface area contributed by atoms with Crippen molar-refractivity contribution >= 4 is 5.82 Å². The van der Waals surface area contributed by atoms with E-state index in [-0.39, 0.29) is 0 Å². The molecule has 2 atom stereocenters. The third-order valence-corrected chi connectivity index (χ3v) is 3.52. The lowest BCUT2D eigenvalue weighted by atomic mass is 9.83. The molecule has 1 fully saturated rings. The number of hydrogen-bond acceptors (Lipinski definition) is 4. The minimum absolute atomic E-state index is 0.376. The molecule has 0 aliphatic carbocycles. The highest BCUT2D eigenvalue weighted by atomic mass is 16.3. The van der Waals surface area contributed by atoms with Crippen molar-refractivity contribution in [3.8, 4) is 0 Å². The lowest BCUT2D eigenvalue weighted by Crippen LogP contribution is -2.41. The van der Waals surface area contributed by atoms with Gasteiger partial charge in [-0.25, -0.2) is 4.98 Å². The van der Waals surface area contributed by atoms with E-state index in [9.17, 15) is 5.11 Å². The van der Waals surface area contributed by atoms with E-state index in [0.29, 0.717) is 17.8 Å². The van der Waals surface area contributed by atoms with Gasteiger partial charge >= 0.3 is 0 Å². The second-order valence-corrected chi connectivity index (χ2v) is 5.91. The van der Waals surface area contributed by atoms with Gasteiger partial charge in [-0.05, 0) is 57.2 Å². The van der Waals surface area contributed by atoms with Crippen LogP contribution in [0.25, 0.3) is 0 Å². The van der Waals surface area contributed by atoms with Gasteiger partial charge in [-0.3, -0.25) is 0 Å². The maximum absolute atomic E-state index is 9.89. The van der Waals surface area contributed by atoms with Gasteiger partial charge in [-0.2, -0.15) is 0 Å². The van der Waals surface area contributed by atoms with Crippen LogP contribution in [-0.4, -0.2) is 28.3 Å². The van der Waals surface area contributed by atoms with E-state index < -0.39 is 5.60 Å². The van der Waals surface area contributed by atoms with Crippen molar-refractivity contribution in [2.75, 3.05) is 12.3 Å². The van der Waals surface area contributed by atoms with Crippen LogP contribution in [0.2, 0.25) is 0 Å². The number of nitrogen functional groups attached to an aromatic ring is 1. The molecule has 4 N–H and O–H groups in total. The van der Waals surface area contributed by atoms with Gasteiger partial charge < -0.3 is 16.2 Å². The fraction of sp³-hybridized carbons (Fsp3) is 0.643. The molecule has 2 unspecified atom stereocenters. The van der Waals surface area contributed by atoms with Crippen LogP contribution in [0, 0.1) is 0 Å². The van der Waals surface area contributed by atoms with Crippen molar-refractivity contribution in [3.05, 3.63) is 23.9 Å². The molecule has 100 valence electrons. The average molecular weight is 249 g/mol. The molecular weight excluding hydrogens is 226 g/mol. The summed E-state index contributed by atoms with van der Waals surface area (Å²) in [4.78, 5) is 4.16. The summed E-state index contributed by atoms with van der Waals surface area (Å²) < 4.78 is 0. The summed E-state index contributed by atoms with van der Waals surface area (Å²) in [5.74, 6) is 1.09. The van der Waals surface area contributed by atoms with Crippen LogP contribution >= 0.6 is 0 Å². The smallest absolute Gasteiger partial charge is 0.123 e. The zero-order chi connectivity index (χ0) is 13.2. The number of rotatable bonds is 3. The molecule has 1 aliphatic heterocycles. The minimum atomic E-state index is -0.612.